The summed E-state index contributed by atoms with van der Waals surface area (Å²) in [6.45, 7) is 7.86. The summed E-state index contributed by atoms with van der Waals surface area (Å²) >= 11 is 0. The van der Waals surface area contributed by atoms with Crippen molar-refractivity contribution in [1.29, 1.82) is 0 Å². The van der Waals surface area contributed by atoms with Gasteiger partial charge in [0.25, 0.3) is 0 Å². The van der Waals surface area contributed by atoms with E-state index >= 15 is 0 Å². The Bertz CT molecular complexity index is 298. The normalized spacial score (nSPS) is 35.9. The molecule has 118 valence electrons. The van der Waals surface area contributed by atoms with Gasteiger partial charge in [-0.05, 0) is 44.6 Å². The second-order valence-corrected chi connectivity index (χ2v) is 7.09. The maximum Gasteiger partial charge on any atom is 0.0613 e. The van der Waals surface area contributed by atoms with Gasteiger partial charge in [0.2, 0.25) is 0 Å². The zero-order chi connectivity index (χ0) is 14.6. The van der Waals surface area contributed by atoms with Crippen molar-refractivity contribution in [1.82, 2.24) is 10.2 Å². The van der Waals surface area contributed by atoms with Crippen molar-refractivity contribution in [3.8, 4) is 0 Å². The molecule has 3 atom stereocenters. The lowest BCUT2D eigenvalue weighted by atomic mass is 9.78. The smallest absolute Gasteiger partial charge is 0.0613 e. The summed E-state index contributed by atoms with van der Waals surface area (Å²) in [5, 5.41) is 13.5. The summed E-state index contributed by atoms with van der Waals surface area (Å²) in [5.41, 5.74) is -0.0591. The third-order valence-corrected chi connectivity index (χ3v) is 4.95. The number of ether oxygens (including phenoxy) is 1. The van der Waals surface area contributed by atoms with E-state index in [9.17, 15) is 5.11 Å². The molecule has 0 amide bonds. The summed E-state index contributed by atoms with van der Waals surface area (Å²) in [7, 11) is 1.80. The van der Waals surface area contributed by atoms with Crippen LogP contribution >= 0.6 is 0 Å². The Morgan fingerprint density at radius 3 is 2.85 bits per heavy atom. The van der Waals surface area contributed by atoms with Crippen LogP contribution in [-0.2, 0) is 4.74 Å². The highest BCUT2D eigenvalue weighted by atomic mass is 16.5. The van der Waals surface area contributed by atoms with Gasteiger partial charge in [0.05, 0.1) is 13.2 Å². The molecule has 4 nitrogen and oxygen atoms in total. The Morgan fingerprint density at radius 2 is 2.20 bits per heavy atom. The molecule has 0 aromatic heterocycles. The SMILES string of the molecule is COCC1CCN(C2CCCC(CO)(NC(C)C)C2)C1. The van der Waals surface area contributed by atoms with E-state index in [0.717, 1.165) is 19.4 Å². The van der Waals surface area contributed by atoms with Crippen molar-refractivity contribution in [2.45, 2.75) is 63.6 Å². The van der Waals surface area contributed by atoms with Crippen molar-refractivity contribution >= 4 is 0 Å². The van der Waals surface area contributed by atoms with Gasteiger partial charge < -0.3 is 15.2 Å². The van der Waals surface area contributed by atoms with Crippen LogP contribution in [0.2, 0.25) is 0 Å². The predicted molar refractivity (Wildman–Crippen MR) is 81.9 cm³/mol. The van der Waals surface area contributed by atoms with Crippen molar-refractivity contribution < 1.29 is 9.84 Å². The van der Waals surface area contributed by atoms with E-state index in [1.54, 1.807) is 7.11 Å². The first-order valence-corrected chi connectivity index (χ1v) is 8.20. The molecular formula is C16H32N2O2. The third kappa shape index (κ3) is 3.94. The summed E-state index contributed by atoms with van der Waals surface area (Å²) in [5.74, 6) is 0.698. The van der Waals surface area contributed by atoms with E-state index in [2.05, 4.69) is 24.1 Å². The fourth-order valence-corrected chi connectivity index (χ4v) is 4.14. The van der Waals surface area contributed by atoms with Crippen LogP contribution in [0.25, 0.3) is 0 Å². The fourth-order valence-electron chi connectivity index (χ4n) is 4.14. The summed E-state index contributed by atoms with van der Waals surface area (Å²) in [4.78, 5) is 2.63. The topological polar surface area (TPSA) is 44.7 Å². The Hall–Kier alpha value is -0.160. The molecule has 1 saturated carbocycles. The number of nitrogens with zero attached hydrogens (tertiary/aromatic N) is 1. The molecule has 2 aliphatic rings. The van der Waals surface area contributed by atoms with Gasteiger partial charge in [-0.2, -0.15) is 0 Å². The van der Waals surface area contributed by atoms with E-state index in [-0.39, 0.29) is 12.1 Å². The lowest BCUT2D eigenvalue weighted by Crippen LogP contribution is -2.57. The number of nitrogens with one attached hydrogen (secondary N) is 1. The minimum atomic E-state index is -0.0591. The van der Waals surface area contributed by atoms with Crippen LogP contribution in [0.4, 0.5) is 0 Å². The summed E-state index contributed by atoms with van der Waals surface area (Å²) < 4.78 is 5.30. The van der Waals surface area contributed by atoms with E-state index in [4.69, 9.17) is 4.74 Å². The molecule has 4 heteroatoms. The Labute approximate surface area is 123 Å². The molecule has 0 radical (unpaired) electrons. The second-order valence-electron chi connectivity index (χ2n) is 7.09. The maximum absolute atomic E-state index is 9.89. The van der Waals surface area contributed by atoms with Gasteiger partial charge in [-0.3, -0.25) is 4.90 Å². The summed E-state index contributed by atoms with van der Waals surface area (Å²) in [6.07, 6.45) is 5.95. The van der Waals surface area contributed by atoms with E-state index in [0.29, 0.717) is 18.0 Å². The van der Waals surface area contributed by atoms with Gasteiger partial charge in [0.1, 0.15) is 0 Å². The summed E-state index contributed by atoms with van der Waals surface area (Å²) in [6, 6.07) is 1.06. The van der Waals surface area contributed by atoms with Crippen LogP contribution in [0.1, 0.15) is 46.0 Å². The minimum absolute atomic E-state index is 0.0591. The van der Waals surface area contributed by atoms with Crippen molar-refractivity contribution in [3.63, 3.8) is 0 Å². The number of aliphatic hydroxyl groups is 1. The van der Waals surface area contributed by atoms with Crippen LogP contribution in [0, 0.1) is 5.92 Å². The average molecular weight is 284 g/mol. The Balaban J connectivity index is 1.93. The first kappa shape index (κ1) is 16.2. The third-order valence-electron chi connectivity index (χ3n) is 4.95. The predicted octanol–water partition coefficient (Wildman–Crippen LogP) is 1.63. The molecule has 1 aliphatic carbocycles. The van der Waals surface area contributed by atoms with Gasteiger partial charge in [0, 0.05) is 31.3 Å². The number of methoxy groups -OCH3 is 1. The monoisotopic (exact) mass is 284 g/mol. The van der Waals surface area contributed by atoms with E-state index < -0.39 is 0 Å². The standard InChI is InChI=1S/C16H32N2O2/c1-13(2)17-16(12-19)7-4-5-15(9-16)18-8-6-14(10-18)11-20-3/h13-15,17,19H,4-12H2,1-3H3. The van der Waals surface area contributed by atoms with Gasteiger partial charge in [-0.1, -0.05) is 13.8 Å². The van der Waals surface area contributed by atoms with Gasteiger partial charge in [-0.15, -0.1) is 0 Å². The molecule has 0 aromatic carbocycles. The van der Waals surface area contributed by atoms with Crippen molar-refractivity contribution in [2.24, 2.45) is 5.92 Å². The molecule has 0 spiro atoms. The first-order valence-electron chi connectivity index (χ1n) is 8.20. The Morgan fingerprint density at radius 1 is 1.40 bits per heavy atom. The highest BCUT2D eigenvalue weighted by Crippen LogP contribution is 2.34. The second kappa shape index (κ2) is 7.21. The van der Waals surface area contributed by atoms with Crippen LogP contribution in [0.5, 0.6) is 0 Å². The molecule has 1 heterocycles. The Kier molecular flexibility index (Phi) is 5.84. The zero-order valence-electron chi connectivity index (χ0n) is 13.4. The molecule has 1 aliphatic heterocycles. The van der Waals surface area contributed by atoms with Crippen molar-refractivity contribution in [2.75, 3.05) is 33.4 Å². The quantitative estimate of drug-likeness (QED) is 0.778. The van der Waals surface area contributed by atoms with Gasteiger partial charge in [-0.25, -0.2) is 0 Å². The lowest BCUT2D eigenvalue weighted by molar-refractivity contribution is 0.0595. The lowest BCUT2D eigenvalue weighted by Gasteiger charge is -2.44. The number of hydrogen-bond acceptors (Lipinski definition) is 4. The molecule has 2 N–H and O–H groups in total. The van der Waals surface area contributed by atoms with Crippen LogP contribution in [-0.4, -0.2) is 61.0 Å². The van der Waals surface area contributed by atoms with E-state index in [1.165, 1.54) is 32.4 Å². The molecule has 0 bridgehead atoms. The molecule has 3 unspecified atom stereocenters. The van der Waals surface area contributed by atoms with Gasteiger partial charge in [0.15, 0.2) is 0 Å². The molecular weight excluding hydrogens is 252 g/mol. The minimum Gasteiger partial charge on any atom is -0.394 e. The van der Waals surface area contributed by atoms with Crippen molar-refractivity contribution in [3.05, 3.63) is 0 Å². The van der Waals surface area contributed by atoms with Crippen LogP contribution < -0.4 is 5.32 Å². The number of hydrogen-bond donors (Lipinski definition) is 2. The molecule has 1 saturated heterocycles. The molecule has 2 fully saturated rings. The molecule has 20 heavy (non-hydrogen) atoms. The highest BCUT2D eigenvalue weighted by molar-refractivity contribution is 4.98. The van der Waals surface area contributed by atoms with Crippen LogP contribution in [0.3, 0.4) is 0 Å². The highest BCUT2D eigenvalue weighted by Gasteiger charge is 2.39. The first-order chi connectivity index (χ1) is 9.58. The fraction of sp³-hybridized carbons (Fsp3) is 1.00. The van der Waals surface area contributed by atoms with Gasteiger partial charge >= 0.3 is 0 Å². The van der Waals surface area contributed by atoms with E-state index in [1.807, 2.05) is 0 Å². The number of likely N-dealkylation sites (tertiary alicyclic amines) is 1. The maximum atomic E-state index is 9.89. The number of aliphatic hydroxyl groups excluding tert-OH is 1. The van der Waals surface area contributed by atoms with Crippen LogP contribution in [0.15, 0.2) is 0 Å². The molecule has 0 aromatic rings. The zero-order valence-corrected chi connectivity index (χ0v) is 13.4. The molecule has 2 rings (SSSR count). The number of rotatable bonds is 6. The average Bonchev–Trinajstić information content (AvgIpc) is 2.87. The largest absolute Gasteiger partial charge is 0.394 e.